The van der Waals surface area contributed by atoms with E-state index in [2.05, 4.69) is 6.92 Å². The summed E-state index contributed by atoms with van der Waals surface area (Å²) in [7, 11) is 0. The van der Waals surface area contributed by atoms with Crippen LogP contribution in [0.4, 0.5) is 0 Å². The summed E-state index contributed by atoms with van der Waals surface area (Å²) in [4.78, 5) is 0. The summed E-state index contributed by atoms with van der Waals surface area (Å²) >= 11 is 0. The quantitative estimate of drug-likeness (QED) is 0.504. The third-order valence-electron chi connectivity index (χ3n) is 0. The SMILES string of the molecule is N.[CH2-]C.[CH3-].[Hf]. The second kappa shape index (κ2) is 103. The van der Waals surface area contributed by atoms with Gasteiger partial charge in [0.2, 0.25) is 0 Å². The van der Waals surface area contributed by atoms with Crippen LogP contribution in [-0.2, 0) is 25.8 Å². The molecule has 0 aromatic carbocycles. The van der Waals surface area contributed by atoms with Crippen LogP contribution in [0, 0.1) is 14.4 Å². The van der Waals surface area contributed by atoms with Gasteiger partial charge in [-0.25, -0.2) is 0 Å². The molecule has 0 rings (SSSR count). The monoisotopic (exact) mass is 241 g/mol. The van der Waals surface area contributed by atoms with Crippen molar-refractivity contribution < 1.29 is 25.8 Å². The maximum atomic E-state index is 3.25. The van der Waals surface area contributed by atoms with E-state index in [1.165, 1.54) is 0 Å². The minimum Gasteiger partial charge on any atom is -0.358 e. The van der Waals surface area contributed by atoms with E-state index in [0.29, 0.717) is 0 Å². The molecule has 1 nitrogen and oxygen atoms in total. The van der Waals surface area contributed by atoms with E-state index in [1.807, 2.05) is 0 Å². The van der Waals surface area contributed by atoms with Gasteiger partial charge in [0.15, 0.2) is 0 Å². The molecular formula is C3H11HfN-2. The van der Waals surface area contributed by atoms with E-state index >= 15 is 0 Å². The van der Waals surface area contributed by atoms with Crippen LogP contribution in [0.25, 0.3) is 0 Å². The minimum absolute atomic E-state index is 0. The number of hydrogen-bond acceptors (Lipinski definition) is 1. The molecule has 0 saturated carbocycles. The minimum atomic E-state index is 0. The molecule has 0 aromatic rings. The van der Waals surface area contributed by atoms with Gasteiger partial charge >= 0.3 is 0 Å². The normalized spacial score (nSPS) is 1.20. The summed E-state index contributed by atoms with van der Waals surface area (Å²) in [5.74, 6) is 0. The maximum Gasteiger partial charge on any atom is 0 e. The van der Waals surface area contributed by atoms with Gasteiger partial charge in [-0.3, -0.25) is 0 Å². The molecule has 0 aliphatic carbocycles. The second-order valence-corrected chi connectivity index (χ2v) is 0. The van der Waals surface area contributed by atoms with Crippen LogP contribution in [0.5, 0.6) is 0 Å². The first-order valence-corrected chi connectivity index (χ1v) is 0.707. The molecule has 3 N–H and O–H groups in total. The van der Waals surface area contributed by atoms with Crippen molar-refractivity contribution in [3.63, 3.8) is 0 Å². The van der Waals surface area contributed by atoms with Gasteiger partial charge in [0.1, 0.15) is 0 Å². The summed E-state index contributed by atoms with van der Waals surface area (Å²) in [6, 6.07) is 0. The fourth-order valence-electron chi connectivity index (χ4n) is 0. The molecule has 0 heterocycles. The molecule has 0 atom stereocenters. The summed E-state index contributed by atoms with van der Waals surface area (Å²) in [6.45, 7) is 5.00. The predicted molar refractivity (Wildman–Crippen MR) is 22.5 cm³/mol. The van der Waals surface area contributed by atoms with E-state index in [-0.39, 0.29) is 39.4 Å². The van der Waals surface area contributed by atoms with Crippen molar-refractivity contribution in [2.24, 2.45) is 0 Å². The van der Waals surface area contributed by atoms with E-state index in [9.17, 15) is 0 Å². The zero-order valence-corrected chi connectivity index (χ0v) is 7.51. The van der Waals surface area contributed by atoms with Crippen molar-refractivity contribution in [1.82, 2.24) is 6.15 Å². The first kappa shape index (κ1) is 40.6. The zero-order chi connectivity index (χ0) is 2.00. The van der Waals surface area contributed by atoms with Gasteiger partial charge in [0, 0.05) is 25.8 Å². The van der Waals surface area contributed by atoms with Crippen molar-refractivity contribution in [3.8, 4) is 0 Å². The molecule has 0 aliphatic heterocycles. The largest absolute Gasteiger partial charge is 0.358 e. The van der Waals surface area contributed by atoms with E-state index in [1.54, 1.807) is 6.92 Å². The van der Waals surface area contributed by atoms with E-state index in [4.69, 9.17) is 0 Å². The Morgan fingerprint density at radius 2 is 1.20 bits per heavy atom. The van der Waals surface area contributed by atoms with Gasteiger partial charge < -0.3 is 20.5 Å². The van der Waals surface area contributed by atoms with Gasteiger partial charge in [0.25, 0.3) is 0 Å². The van der Waals surface area contributed by atoms with Crippen molar-refractivity contribution in [1.29, 1.82) is 0 Å². The molecule has 0 aliphatic rings. The van der Waals surface area contributed by atoms with Gasteiger partial charge in [0.05, 0.1) is 0 Å². The molecule has 0 fully saturated rings. The van der Waals surface area contributed by atoms with Crippen molar-refractivity contribution in [3.05, 3.63) is 14.4 Å². The molecule has 0 bridgehead atoms. The summed E-state index contributed by atoms with van der Waals surface area (Å²) in [5.41, 5.74) is 0. The second-order valence-electron chi connectivity index (χ2n) is 0. The average molecular weight is 240 g/mol. The Morgan fingerprint density at radius 1 is 1.20 bits per heavy atom. The van der Waals surface area contributed by atoms with Gasteiger partial charge in [-0.2, -0.15) is 6.92 Å². The molecule has 0 aromatic heterocycles. The number of hydrogen-bond donors (Lipinski definition) is 1. The zero-order valence-electron chi connectivity index (χ0n) is 3.91. The fraction of sp³-hybridized carbons (Fsp3) is 0.333. The maximum absolute atomic E-state index is 3.25. The van der Waals surface area contributed by atoms with Crippen molar-refractivity contribution in [2.75, 3.05) is 0 Å². The Morgan fingerprint density at radius 3 is 1.20 bits per heavy atom. The molecule has 0 unspecified atom stereocenters. The summed E-state index contributed by atoms with van der Waals surface area (Å²) < 4.78 is 0. The Hall–Kier alpha value is 0.830. The van der Waals surface area contributed by atoms with Crippen LogP contribution in [-0.4, -0.2) is 0 Å². The van der Waals surface area contributed by atoms with Crippen molar-refractivity contribution in [2.45, 2.75) is 6.92 Å². The Kier molecular flexibility index (Phi) is 835. The van der Waals surface area contributed by atoms with E-state index < -0.39 is 0 Å². The third kappa shape index (κ3) is 56.1. The molecule has 0 amide bonds. The molecule has 34 valence electrons. The van der Waals surface area contributed by atoms with Gasteiger partial charge in [-0.05, 0) is 0 Å². The van der Waals surface area contributed by atoms with Crippen LogP contribution in [0.1, 0.15) is 6.92 Å². The molecule has 5 heavy (non-hydrogen) atoms. The van der Waals surface area contributed by atoms with Crippen LogP contribution < -0.4 is 6.15 Å². The topological polar surface area (TPSA) is 35.0 Å². The Bertz CT molecular complexity index is 6.85. The van der Waals surface area contributed by atoms with Crippen LogP contribution in [0.15, 0.2) is 0 Å². The van der Waals surface area contributed by atoms with Crippen LogP contribution >= 0.6 is 0 Å². The Labute approximate surface area is 53.5 Å². The van der Waals surface area contributed by atoms with Gasteiger partial charge in [-0.1, -0.05) is 0 Å². The molecule has 0 radical (unpaired) electrons. The van der Waals surface area contributed by atoms with Crippen molar-refractivity contribution >= 4 is 0 Å². The van der Waals surface area contributed by atoms with Gasteiger partial charge in [-0.15, -0.1) is 0 Å². The fourth-order valence-corrected chi connectivity index (χ4v) is 0. The number of rotatable bonds is 0. The molecule has 2 heteroatoms. The first-order chi connectivity index (χ1) is 1.00. The molecular weight excluding hydrogens is 229 g/mol. The summed E-state index contributed by atoms with van der Waals surface area (Å²) in [6.07, 6.45) is 0. The van der Waals surface area contributed by atoms with Crippen LogP contribution in [0.3, 0.4) is 0 Å². The van der Waals surface area contributed by atoms with E-state index in [0.717, 1.165) is 0 Å². The smallest absolute Gasteiger partial charge is 0 e. The predicted octanol–water partition coefficient (Wildman–Crippen LogP) is 1.45. The Balaban J connectivity index is -0.00000000167. The van der Waals surface area contributed by atoms with Crippen LogP contribution in [0.2, 0.25) is 0 Å². The third-order valence-corrected chi connectivity index (χ3v) is 0. The molecule has 0 saturated heterocycles. The standard InChI is InChI=1S/C2H5.CH3.Hf.H3N/c1-2;;;/h1H2,2H3;1H3;;1H3/q2*-1;;. The average Bonchev–Trinajstić information content (AvgIpc) is 1.00. The first-order valence-electron chi connectivity index (χ1n) is 0.707. The molecule has 0 spiro atoms. The summed E-state index contributed by atoms with van der Waals surface area (Å²) in [5, 5.41) is 0.